The second kappa shape index (κ2) is 6.78. The number of hydrogen-bond acceptors (Lipinski definition) is 3. The topological polar surface area (TPSA) is 68.9 Å². The van der Waals surface area contributed by atoms with Gasteiger partial charge < -0.3 is 9.88 Å². The number of hydrogen-bond donors (Lipinski definition) is 1. The number of nitrogens with one attached hydrogen (secondary N) is 1. The van der Waals surface area contributed by atoms with Crippen LogP contribution in [-0.2, 0) is 20.5 Å². The Morgan fingerprint density at radius 2 is 1.85 bits per heavy atom. The van der Waals surface area contributed by atoms with E-state index in [0.29, 0.717) is 22.8 Å². The van der Waals surface area contributed by atoms with E-state index >= 15 is 0 Å². The van der Waals surface area contributed by atoms with E-state index in [1.165, 1.54) is 4.57 Å². The summed E-state index contributed by atoms with van der Waals surface area (Å²) in [5.74, 6) is -0.177. The molecular weight excluding hydrogens is 328 g/mol. The number of carbonyl (C=O) groups is 1. The molecule has 0 aliphatic carbocycles. The van der Waals surface area contributed by atoms with Gasteiger partial charge in [-0.25, -0.2) is 0 Å². The molecule has 0 saturated heterocycles. The van der Waals surface area contributed by atoms with Gasteiger partial charge in [0.05, 0.1) is 11.3 Å². The Bertz CT molecular complexity index is 1050. The zero-order valence-electron chi connectivity index (χ0n) is 15.8. The first kappa shape index (κ1) is 17.9. The largest absolute Gasteiger partial charge is 0.349 e. The summed E-state index contributed by atoms with van der Waals surface area (Å²) >= 11 is 0. The molecule has 6 nitrogen and oxygen atoms in total. The van der Waals surface area contributed by atoms with Gasteiger partial charge in [-0.3, -0.25) is 14.3 Å². The molecule has 26 heavy (non-hydrogen) atoms. The molecule has 136 valence electrons. The summed E-state index contributed by atoms with van der Waals surface area (Å²) in [6.07, 6.45) is 2.31. The van der Waals surface area contributed by atoms with E-state index < -0.39 is 0 Å². The summed E-state index contributed by atoms with van der Waals surface area (Å²) < 4.78 is 3.32. The van der Waals surface area contributed by atoms with Crippen molar-refractivity contribution < 1.29 is 4.79 Å². The quantitative estimate of drug-likeness (QED) is 0.783. The second-order valence-electron chi connectivity index (χ2n) is 6.86. The fourth-order valence-electron chi connectivity index (χ4n) is 3.37. The molecule has 1 N–H and O–H groups in total. The van der Waals surface area contributed by atoms with Crippen LogP contribution in [0.25, 0.3) is 10.8 Å². The summed E-state index contributed by atoms with van der Waals surface area (Å²) in [6.45, 7) is 6.00. The first-order valence-electron chi connectivity index (χ1n) is 8.68. The maximum atomic E-state index is 12.9. The number of rotatable bonds is 4. The maximum Gasteiger partial charge on any atom is 0.258 e. The highest BCUT2D eigenvalue weighted by molar-refractivity contribution is 6.06. The minimum atomic E-state index is -0.177. The highest BCUT2D eigenvalue weighted by Crippen LogP contribution is 2.17. The van der Waals surface area contributed by atoms with E-state index in [1.807, 2.05) is 50.7 Å². The first-order chi connectivity index (χ1) is 12.3. The molecule has 0 aliphatic heterocycles. The molecule has 3 rings (SSSR count). The Morgan fingerprint density at radius 1 is 1.19 bits per heavy atom. The van der Waals surface area contributed by atoms with Crippen molar-refractivity contribution in [2.75, 3.05) is 0 Å². The predicted molar refractivity (Wildman–Crippen MR) is 103 cm³/mol. The van der Waals surface area contributed by atoms with Gasteiger partial charge in [0, 0.05) is 42.8 Å². The Kier molecular flexibility index (Phi) is 4.68. The molecule has 0 aliphatic rings. The zero-order valence-corrected chi connectivity index (χ0v) is 15.8. The lowest BCUT2D eigenvalue weighted by atomic mass is 10.0. The average molecular weight is 352 g/mol. The lowest BCUT2D eigenvalue weighted by Gasteiger charge is -2.16. The highest BCUT2D eigenvalue weighted by Gasteiger charge is 2.18. The molecule has 6 heteroatoms. The number of nitrogens with zero attached hydrogens (tertiary/aromatic N) is 3. The molecule has 0 fully saturated rings. The van der Waals surface area contributed by atoms with Crippen LogP contribution < -0.4 is 10.9 Å². The predicted octanol–water partition coefficient (Wildman–Crippen LogP) is 2.25. The lowest BCUT2D eigenvalue weighted by Crippen LogP contribution is -2.35. The molecule has 1 amide bonds. The molecule has 0 spiro atoms. The number of pyridine rings is 1. The molecule has 3 aromatic rings. The van der Waals surface area contributed by atoms with Gasteiger partial charge in [-0.2, -0.15) is 5.10 Å². The molecule has 0 radical (unpaired) electrons. The van der Waals surface area contributed by atoms with Crippen LogP contribution in [0.4, 0.5) is 0 Å². The third kappa shape index (κ3) is 3.14. The highest BCUT2D eigenvalue weighted by atomic mass is 16.2. The summed E-state index contributed by atoms with van der Waals surface area (Å²) in [7, 11) is 3.59. The molecule has 2 heterocycles. The molecule has 0 saturated carbocycles. The van der Waals surface area contributed by atoms with Crippen LogP contribution in [-0.4, -0.2) is 26.3 Å². The zero-order chi connectivity index (χ0) is 19.0. The van der Waals surface area contributed by atoms with Crippen LogP contribution in [0.3, 0.4) is 0 Å². The van der Waals surface area contributed by atoms with Crippen molar-refractivity contribution in [1.82, 2.24) is 19.7 Å². The van der Waals surface area contributed by atoms with Crippen LogP contribution in [0.1, 0.15) is 34.2 Å². The summed E-state index contributed by atoms with van der Waals surface area (Å²) in [6, 6.07) is 7.15. The van der Waals surface area contributed by atoms with Crippen LogP contribution in [0.15, 0.2) is 35.3 Å². The van der Waals surface area contributed by atoms with Crippen molar-refractivity contribution in [3.8, 4) is 0 Å². The number of benzene rings is 1. The van der Waals surface area contributed by atoms with Gasteiger partial charge in [-0.15, -0.1) is 0 Å². The van der Waals surface area contributed by atoms with E-state index in [1.54, 1.807) is 19.3 Å². The van der Waals surface area contributed by atoms with Gasteiger partial charge in [-0.1, -0.05) is 18.2 Å². The monoisotopic (exact) mass is 352 g/mol. The van der Waals surface area contributed by atoms with Gasteiger partial charge in [0.25, 0.3) is 11.5 Å². The normalized spacial score (nSPS) is 12.3. The van der Waals surface area contributed by atoms with Gasteiger partial charge >= 0.3 is 0 Å². The van der Waals surface area contributed by atoms with Crippen molar-refractivity contribution in [3.63, 3.8) is 0 Å². The molecule has 1 aromatic carbocycles. The Hall–Kier alpha value is -2.89. The third-order valence-electron chi connectivity index (χ3n) is 4.88. The van der Waals surface area contributed by atoms with Crippen LogP contribution in [0.5, 0.6) is 0 Å². The van der Waals surface area contributed by atoms with E-state index in [4.69, 9.17) is 0 Å². The van der Waals surface area contributed by atoms with Crippen molar-refractivity contribution in [3.05, 3.63) is 63.3 Å². The van der Waals surface area contributed by atoms with E-state index in [2.05, 4.69) is 10.4 Å². The van der Waals surface area contributed by atoms with Gasteiger partial charge in [-0.05, 0) is 38.8 Å². The number of aryl methyl sites for hydroxylation is 3. The SMILES string of the molecule is Cc1nn(C)c(C)c1CC(C)NC(=O)c1cn(C)c(=O)c2ccccc12. The van der Waals surface area contributed by atoms with Crippen molar-refractivity contribution in [1.29, 1.82) is 0 Å². The summed E-state index contributed by atoms with van der Waals surface area (Å²) in [5.41, 5.74) is 3.65. The minimum Gasteiger partial charge on any atom is -0.349 e. The number of carbonyl (C=O) groups excluding carboxylic acids is 1. The third-order valence-corrected chi connectivity index (χ3v) is 4.88. The average Bonchev–Trinajstić information content (AvgIpc) is 2.84. The fraction of sp³-hybridized carbons (Fsp3) is 0.350. The minimum absolute atomic E-state index is 0.0555. The Labute approximate surface area is 152 Å². The molecule has 2 aromatic heterocycles. The number of amides is 1. The molecular formula is C20H24N4O2. The molecule has 1 atom stereocenters. The standard InChI is InChI=1S/C20H24N4O2/c1-12(10-17-13(2)22-24(5)14(17)3)21-19(25)18-11-23(4)20(26)16-9-7-6-8-15(16)18/h6-9,11-12H,10H2,1-5H3,(H,21,25). The van der Waals surface area contributed by atoms with Gasteiger partial charge in [0.2, 0.25) is 0 Å². The van der Waals surface area contributed by atoms with E-state index in [0.717, 1.165) is 17.0 Å². The van der Waals surface area contributed by atoms with Crippen molar-refractivity contribution in [2.24, 2.45) is 14.1 Å². The van der Waals surface area contributed by atoms with Crippen LogP contribution >= 0.6 is 0 Å². The Morgan fingerprint density at radius 3 is 2.46 bits per heavy atom. The summed E-state index contributed by atoms with van der Waals surface area (Å²) in [4.78, 5) is 25.1. The van der Waals surface area contributed by atoms with Crippen molar-refractivity contribution in [2.45, 2.75) is 33.2 Å². The molecule has 0 bridgehead atoms. The lowest BCUT2D eigenvalue weighted by molar-refractivity contribution is 0.0941. The van der Waals surface area contributed by atoms with Crippen LogP contribution in [0.2, 0.25) is 0 Å². The van der Waals surface area contributed by atoms with E-state index in [9.17, 15) is 9.59 Å². The van der Waals surface area contributed by atoms with E-state index in [-0.39, 0.29) is 17.5 Å². The molecule has 1 unspecified atom stereocenters. The Balaban J connectivity index is 1.87. The smallest absolute Gasteiger partial charge is 0.258 e. The van der Waals surface area contributed by atoms with Gasteiger partial charge in [0.15, 0.2) is 0 Å². The first-order valence-corrected chi connectivity index (χ1v) is 8.68. The fourth-order valence-corrected chi connectivity index (χ4v) is 3.37. The van der Waals surface area contributed by atoms with Gasteiger partial charge in [0.1, 0.15) is 0 Å². The van der Waals surface area contributed by atoms with Crippen LogP contribution in [0, 0.1) is 13.8 Å². The van der Waals surface area contributed by atoms with Crippen molar-refractivity contribution >= 4 is 16.7 Å². The summed E-state index contributed by atoms with van der Waals surface area (Å²) in [5, 5.41) is 8.71. The second-order valence-corrected chi connectivity index (χ2v) is 6.86. The maximum absolute atomic E-state index is 12.9. The number of aromatic nitrogens is 3. The number of fused-ring (bicyclic) bond motifs is 1.